The van der Waals surface area contributed by atoms with Crippen LogP contribution < -0.4 is 5.56 Å². The minimum atomic E-state index is -0.401. The van der Waals surface area contributed by atoms with Gasteiger partial charge in [-0.15, -0.1) is 0 Å². The number of H-pyrrole nitrogens is 1. The molecular weight excluding hydrogens is 424 g/mol. The minimum absolute atomic E-state index is 0.00282. The van der Waals surface area contributed by atoms with Crippen LogP contribution >= 0.6 is 11.6 Å². The lowest BCUT2D eigenvalue weighted by molar-refractivity contribution is 0.0672. The van der Waals surface area contributed by atoms with Gasteiger partial charge in [-0.25, -0.2) is 0 Å². The molecule has 0 saturated carbocycles. The van der Waals surface area contributed by atoms with Gasteiger partial charge in [0.15, 0.2) is 0 Å². The van der Waals surface area contributed by atoms with Crippen molar-refractivity contribution in [1.29, 1.82) is 0 Å². The van der Waals surface area contributed by atoms with Crippen LogP contribution in [0.15, 0.2) is 71.5 Å². The summed E-state index contributed by atoms with van der Waals surface area (Å²) in [5, 5.41) is 0.0940. The molecule has 1 N–H and O–H groups in total. The third-order valence-electron chi connectivity index (χ3n) is 5.57. The van der Waals surface area contributed by atoms with Crippen molar-refractivity contribution >= 4 is 29.0 Å². The molecule has 0 saturated heterocycles. The molecule has 2 aromatic carbocycles. The van der Waals surface area contributed by atoms with Gasteiger partial charge in [0.2, 0.25) is 0 Å². The Balaban J connectivity index is 1.74. The molecule has 0 radical (unpaired) electrons. The van der Waals surface area contributed by atoms with Gasteiger partial charge >= 0.3 is 0 Å². The molecule has 1 aliphatic rings. The van der Waals surface area contributed by atoms with Crippen LogP contribution in [0.25, 0.3) is 5.57 Å². The molecule has 1 aliphatic heterocycles. The SMILES string of the molecule is CC(C)(C)c1ccc(/C(=C\CN2C(=O)c3ccccc3C2=O)c2ccc(Cl)c(=O)[nH]2)cc1. The van der Waals surface area contributed by atoms with Gasteiger partial charge in [0.25, 0.3) is 17.4 Å². The quantitative estimate of drug-likeness (QED) is 0.570. The smallest absolute Gasteiger partial charge is 0.267 e. The van der Waals surface area contributed by atoms with E-state index in [2.05, 4.69) is 25.8 Å². The van der Waals surface area contributed by atoms with Crippen molar-refractivity contribution in [3.8, 4) is 0 Å². The van der Waals surface area contributed by atoms with Gasteiger partial charge in [-0.1, -0.05) is 74.8 Å². The Morgan fingerprint density at radius 2 is 1.50 bits per heavy atom. The number of fused-ring (bicyclic) bond motifs is 1. The van der Waals surface area contributed by atoms with E-state index >= 15 is 0 Å². The first-order chi connectivity index (χ1) is 15.2. The number of aromatic amines is 1. The van der Waals surface area contributed by atoms with Crippen LogP contribution in [0.3, 0.4) is 0 Å². The number of halogens is 1. The summed E-state index contributed by atoms with van der Waals surface area (Å²) in [6.45, 7) is 6.49. The van der Waals surface area contributed by atoms with E-state index in [1.165, 1.54) is 16.5 Å². The summed E-state index contributed by atoms with van der Waals surface area (Å²) in [4.78, 5) is 41.6. The summed E-state index contributed by atoms with van der Waals surface area (Å²) in [6, 6.07) is 18.1. The maximum absolute atomic E-state index is 12.7. The zero-order chi connectivity index (χ0) is 23.0. The van der Waals surface area contributed by atoms with Crippen molar-refractivity contribution < 1.29 is 9.59 Å². The Hall–Kier alpha value is -3.44. The molecule has 3 aromatic rings. The Morgan fingerprint density at radius 3 is 2.03 bits per heavy atom. The van der Waals surface area contributed by atoms with Gasteiger partial charge in [0, 0.05) is 17.8 Å². The number of aromatic nitrogens is 1. The fraction of sp³-hybridized carbons (Fsp3) is 0.192. The summed E-state index contributed by atoms with van der Waals surface area (Å²) in [7, 11) is 0. The number of carbonyl (C=O) groups excluding carboxylic acids is 2. The minimum Gasteiger partial charge on any atom is -0.321 e. The standard InChI is InChI=1S/C26H23ClN2O3/c1-26(2,3)17-10-8-16(9-11-17)18(22-13-12-21(27)23(30)28-22)14-15-29-24(31)19-6-4-5-7-20(19)25(29)32/h4-14H,15H2,1-3H3,(H,28,30)/b18-14+. The Morgan fingerprint density at radius 1 is 0.906 bits per heavy atom. The van der Waals surface area contributed by atoms with E-state index < -0.39 is 5.56 Å². The number of benzene rings is 2. The second kappa shape index (κ2) is 8.24. The molecule has 0 aliphatic carbocycles. The largest absolute Gasteiger partial charge is 0.321 e. The third kappa shape index (κ3) is 4.04. The highest BCUT2D eigenvalue weighted by molar-refractivity contribution is 6.30. The highest BCUT2D eigenvalue weighted by Crippen LogP contribution is 2.28. The lowest BCUT2D eigenvalue weighted by Crippen LogP contribution is -2.30. The highest BCUT2D eigenvalue weighted by atomic mass is 35.5. The maximum atomic E-state index is 12.7. The van der Waals surface area contributed by atoms with Crippen molar-refractivity contribution in [1.82, 2.24) is 9.88 Å². The fourth-order valence-corrected chi connectivity index (χ4v) is 3.84. The topological polar surface area (TPSA) is 70.2 Å². The average molecular weight is 447 g/mol. The number of hydrogen-bond donors (Lipinski definition) is 1. The highest BCUT2D eigenvalue weighted by Gasteiger charge is 2.34. The maximum Gasteiger partial charge on any atom is 0.267 e. The first-order valence-corrected chi connectivity index (χ1v) is 10.7. The molecule has 2 amide bonds. The summed E-state index contributed by atoms with van der Waals surface area (Å²) < 4.78 is 0. The Bertz CT molecular complexity index is 1260. The van der Waals surface area contributed by atoms with E-state index in [4.69, 9.17) is 11.6 Å². The molecule has 32 heavy (non-hydrogen) atoms. The predicted octanol–water partition coefficient (Wildman–Crippen LogP) is 5.05. The van der Waals surface area contributed by atoms with E-state index in [-0.39, 0.29) is 28.8 Å². The lowest BCUT2D eigenvalue weighted by atomic mass is 9.86. The zero-order valence-electron chi connectivity index (χ0n) is 18.1. The van der Waals surface area contributed by atoms with E-state index in [1.807, 2.05) is 24.3 Å². The monoisotopic (exact) mass is 446 g/mol. The summed E-state index contributed by atoms with van der Waals surface area (Å²) in [5.41, 5.74) is 3.69. The number of nitrogens with one attached hydrogen (secondary N) is 1. The molecule has 0 fully saturated rings. The number of pyridine rings is 1. The van der Waals surface area contributed by atoms with Gasteiger partial charge in [-0.2, -0.15) is 0 Å². The predicted molar refractivity (Wildman–Crippen MR) is 126 cm³/mol. The number of carbonyl (C=O) groups is 2. The van der Waals surface area contributed by atoms with Crippen LogP contribution in [0, 0.1) is 0 Å². The number of amides is 2. The zero-order valence-corrected chi connectivity index (χ0v) is 18.9. The van der Waals surface area contributed by atoms with Gasteiger partial charge in [-0.3, -0.25) is 19.3 Å². The first kappa shape index (κ1) is 21.8. The Labute approximate surface area is 191 Å². The second-order valence-corrected chi connectivity index (χ2v) is 9.17. The average Bonchev–Trinajstić information content (AvgIpc) is 3.01. The van der Waals surface area contributed by atoms with Gasteiger partial charge in [0.1, 0.15) is 5.02 Å². The van der Waals surface area contributed by atoms with E-state index in [9.17, 15) is 14.4 Å². The van der Waals surface area contributed by atoms with Crippen molar-refractivity contribution in [2.75, 3.05) is 6.54 Å². The van der Waals surface area contributed by atoms with Crippen LogP contribution in [-0.4, -0.2) is 28.2 Å². The van der Waals surface area contributed by atoms with Crippen LogP contribution in [-0.2, 0) is 5.41 Å². The van der Waals surface area contributed by atoms with Crippen LogP contribution in [0.1, 0.15) is 58.3 Å². The van der Waals surface area contributed by atoms with E-state index in [1.54, 1.807) is 36.4 Å². The molecule has 1 aromatic heterocycles. The van der Waals surface area contributed by atoms with Gasteiger partial charge < -0.3 is 4.98 Å². The number of hydrogen-bond acceptors (Lipinski definition) is 3. The van der Waals surface area contributed by atoms with Crippen LogP contribution in [0.2, 0.25) is 5.02 Å². The fourth-order valence-electron chi connectivity index (χ4n) is 3.73. The lowest BCUT2D eigenvalue weighted by Gasteiger charge is -2.20. The number of imide groups is 1. The van der Waals surface area contributed by atoms with E-state index in [0.717, 1.165) is 5.56 Å². The Kier molecular flexibility index (Phi) is 5.61. The van der Waals surface area contributed by atoms with Crippen molar-refractivity contribution in [2.45, 2.75) is 26.2 Å². The molecule has 0 atom stereocenters. The molecule has 2 heterocycles. The summed E-state index contributed by atoms with van der Waals surface area (Å²) in [5.74, 6) is -0.650. The first-order valence-electron chi connectivity index (χ1n) is 10.3. The van der Waals surface area contributed by atoms with E-state index in [0.29, 0.717) is 22.4 Å². The van der Waals surface area contributed by atoms with Crippen molar-refractivity contribution in [3.63, 3.8) is 0 Å². The van der Waals surface area contributed by atoms with Gasteiger partial charge in [0.05, 0.1) is 11.1 Å². The second-order valence-electron chi connectivity index (χ2n) is 8.76. The number of nitrogens with zero attached hydrogens (tertiary/aromatic N) is 1. The molecule has 0 bridgehead atoms. The summed E-state index contributed by atoms with van der Waals surface area (Å²) >= 11 is 5.91. The molecule has 5 nitrogen and oxygen atoms in total. The molecule has 6 heteroatoms. The number of rotatable bonds is 4. The van der Waals surface area contributed by atoms with Crippen molar-refractivity contribution in [2.24, 2.45) is 0 Å². The third-order valence-corrected chi connectivity index (χ3v) is 5.87. The van der Waals surface area contributed by atoms with Gasteiger partial charge in [-0.05, 0) is 40.8 Å². The summed E-state index contributed by atoms with van der Waals surface area (Å²) in [6.07, 6.45) is 1.78. The normalized spacial score (nSPS) is 14.1. The molecular formula is C26H23ClN2O3. The van der Waals surface area contributed by atoms with Crippen LogP contribution in [0.5, 0.6) is 0 Å². The van der Waals surface area contributed by atoms with Crippen LogP contribution in [0.4, 0.5) is 0 Å². The molecule has 0 unspecified atom stereocenters. The molecule has 4 rings (SSSR count). The van der Waals surface area contributed by atoms with Crippen molar-refractivity contribution in [3.05, 3.63) is 110 Å². The molecule has 162 valence electrons. The molecule has 0 spiro atoms.